The molecule has 0 aromatic heterocycles. The van der Waals surface area contributed by atoms with Crippen LogP contribution in [0.25, 0.3) is 0 Å². The van der Waals surface area contributed by atoms with Crippen molar-refractivity contribution in [2.75, 3.05) is 20.3 Å². The summed E-state index contributed by atoms with van der Waals surface area (Å²) in [5.41, 5.74) is 0. The minimum absolute atomic E-state index is 0.0178. The molecule has 3 aromatic rings. The Hall–Kier alpha value is -4.49. The number of esters is 1. The molecule has 10 heteroatoms. The van der Waals surface area contributed by atoms with Crippen molar-refractivity contribution in [3.63, 3.8) is 0 Å². The van der Waals surface area contributed by atoms with Crippen LogP contribution in [0.1, 0.15) is 13.8 Å². The number of likely N-dealkylation sites (N-methyl/N-ethyl adjacent to an activating group) is 1. The van der Waals surface area contributed by atoms with Crippen LogP contribution in [-0.4, -0.2) is 65.0 Å². The third-order valence-corrected chi connectivity index (χ3v) is 10.9. The van der Waals surface area contributed by atoms with Gasteiger partial charge in [0.25, 0.3) is 0 Å². The molecule has 1 heterocycles. The highest BCUT2D eigenvalue weighted by Crippen LogP contribution is 2.65. The van der Waals surface area contributed by atoms with Crippen LogP contribution in [0.2, 0.25) is 0 Å². The first-order valence-corrected chi connectivity index (χ1v) is 14.5. The molecule has 1 aliphatic heterocycles. The number of rotatable bonds is 10. The minimum Gasteiger partial charge on any atom is -0.478 e. The average molecular weight is 562 g/mol. The molecule has 206 valence electrons. The summed E-state index contributed by atoms with van der Waals surface area (Å²) in [5.74, 6) is -3.92. The third kappa shape index (κ3) is 4.84. The van der Waals surface area contributed by atoms with Crippen molar-refractivity contribution >= 4 is 47.0 Å². The second kappa shape index (κ2) is 12.1. The molecule has 1 unspecified atom stereocenters. The van der Waals surface area contributed by atoms with E-state index in [1.807, 2.05) is 91.0 Å². The van der Waals surface area contributed by atoms with Gasteiger partial charge in [-0.25, -0.2) is 14.5 Å². The molecule has 0 saturated carbocycles. The van der Waals surface area contributed by atoms with Gasteiger partial charge in [0.1, 0.15) is 15.9 Å². The monoisotopic (exact) mass is 561 g/mol. The molecule has 0 spiro atoms. The number of aliphatic hydroxyl groups is 1. The van der Waals surface area contributed by atoms with E-state index in [9.17, 15) is 24.3 Å². The van der Waals surface area contributed by atoms with Gasteiger partial charge >= 0.3 is 29.8 Å². The lowest BCUT2D eigenvalue weighted by Gasteiger charge is -2.34. The molecule has 0 bridgehead atoms. The molecule has 0 aliphatic carbocycles. The van der Waals surface area contributed by atoms with Gasteiger partial charge < -0.3 is 14.6 Å². The van der Waals surface area contributed by atoms with Crippen LogP contribution in [0.15, 0.2) is 102 Å². The molecular weight excluding hydrogens is 531 g/mol. The van der Waals surface area contributed by atoms with E-state index in [0.717, 1.165) is 7.05 Å². The van der Waals surface area contributed by atoms with Gasteiger partial charge in [0.2, 0.25) is 11.4 Å². The summed E-state index contributed by atoms with van der Waals surface area (Å²) in [6.45, 7) is 3.18. The van der Waals surface area contributed by atoms with E-state index in [0.29, 0.717) is 25.7 Å². The van der Waals surface area contributed by atoms with Gasteiger partial charge in [-0.15, -0.1) is 0 Å². The Kier molecular flexibility index (Phi) is 8.65. The first kappa shape index (κ1) is 28.5. The zero-order valence-corrected chi connectivity index (χ0v) is 23.3. The number of imide groups is 2. The zero-order chi connectivity index (χ0) is 28.9. The minimum atomic E-state index is -3.30. The fraction of sp³-hybridized carbons (Fsp3) is 0.200. The number of carbonyl (C=O) groups is 4. The molecule has 0 radical (unpaired) electrons. The molecule has 1 atom stereocenters. The number of carbonyl (C=O) groups excluding carboxylic acids is 4. The lowest BCUT2D eigenvalue weighted by molar-refractivity contribution is -0.151. The van der Waals surface area contributed by atoms with Crippen molar-refractivity contribution in [2.45, 2.75) is 19.9 Å². The molecule has 3 aromatic carbocycles. The fourth-order valence-corrected chi connectivity index (χ4v) is 9.37. The Bertz CT molecular complexity index is 1330. The van der Waals surface area contributed by atoms with E-state index >= 15 is 0 Å². The van der Waals surface area contributed by atoms with Crippen molar-refractivity contribution in [1.82, 2.24) is 9.80 Å². The molecule has 1 fully saturated rings. The topological polar surface area (TPSA) is 113 Å². The largest absolute Gasteiger partial charge is 0.478 e. The van der Waals surface area contributed by atoms with Gasteiger partial charge in [-0.2, -0.15) is 0 Å². The number of aliphatic hydroxyl groups excluding tert-OH is 1. The predicted octanol–water partition coefficient (Wildman–Crippen LogP) is 3.10. The van der Waals surface area contributed by atoms with E-state index in [1.165, 1.54) is 0 Å². The van der Waals surface area contributed by atoms with Crippen molar-refractivity contribution in [3.8, 4) is 0 Å². The Labute approximate surface area is 233 Å². The Morgan fingerprint density at radius 3 is 1.52 bits per heavy atom. The van der Waals surface area contributed by atoms with Gasteiger partial charge in [-0.05, 0) is 50.2 Å². The zero-order valence-electron chi connectivity index (χ0n) is 22.4. The molecule has 1 aliphatic rings. The summed E-state index contributed by atoms with van der Waals surface area (Å²) in [7, 11) is -2.14. The summed E-state index contributed by atoms with van der Waals surface area (Å²) in [5, 5.41) is 13.8. The Balaban J connectivity index is 2.21. The normalized spacial score (nSPS) is 15.1. The predicted molar refractivity (Wildman–Crippen MR) is 152 cm³/mol. The van der Waals surface area contributed by atoms with Crippen LogP contribution in [0, 0.1) is 0 Å². The van der Waals surface area contributed by atoms with E-state index in [1.54, 1.807) is 13.8 Å². The Morgan fingerprint density at radius 1 is 0.750 bits per heavy atom. The van der Waals surface area contributed by atoms with Gasteiger partial charge in [0.05, 0.1) is 13.2 Å². The number of urea groups is 1. The molecular formula is C30H30N2O7P+. The maximum Gasteiger partial charge on any atom is 0.337 e. The smallest absolute Gasteiger partial charge is 0.337 e. The number of hydrogen-bond acceptors (Lipinski definition) is 7. The van der Waals surface area contributed by atoms with Crippen LogP contribution in [0.4, 0.5) is 4.79 Å². The lowest BCUT2D eigenvalue weighted by Crippen LogP contribution is -2.51. The molecule has 1 saturated heterocycles. The number of ether oxygens (including phenoxy) is 2. The van der Waals surface area contributed by atoms with Crippen molar-refractivity contribution in [1.29, 1.82) is 0 Å². The van der Waals surface area contributed by atoms with Crippen LogP contribution in [0.5, 0.6) is 0 Å². The molecule has 4 rings (SSSR count). The van der Waals surface area contributed by atoms with E-state index in [4.69, 9.17) is 9.47 Å². The maximum absolute atomic E-state index is 13.8. The summed E-state index contributed by atoms with van der Waals surface area (Å²) in [6.07, 6.45) is 0. The first-order valence-electron chi connectivity index (χ1n) is 12.7. The quantitative estimate of drug-likeness (QED) is 0.133. The molecule has 1 N–H and O–H groups in total. The van der Waals surface area contributed by atoms with Gasteiger partial charge in [0, 0.05) is 7.05 Å². The average Bonchev–Trinajstić information content (AvgIpc) is 3.17. The number of nitrogens with zero attached hydrogens (tertiary/aromatic N) is 2. The molecule has 9 nitrogen and oxygen atoms in total. The highest BCUT2D eigenvalue weighted by molar-refractivity contribution is 7.99. The molecule has 4 amide bonds. The summed E-state index contributed by atoms with van der Waals surface area (Å²) in [4.78, 5) is 54.3. The number of benzene rings is 3. The van der Waals surface area contributed by atoms with Crippen molar-refractivity contribution < 1.29 is 33.8 Å². The van der Waals surface area contributed by atoms with Crippen LogP contribution < -0.4 is 15.9 Å². The highest BCUT2D eigenvalue weighted by atomic mass is 31.2. The van der Waals surface area contributed by atoms with E-state index in [2.05, 4.69) is 0 Å². The SMILES string of the molecule is CCOC(=O)C(/C(=C(\O)OCC)[P+](c1ccccc1)(c1ccccc1)c1ccccc1)N1C(=O)C(=O)N(C)C1=O. The van der Waals surface area contributed by atoms with Crippen LogP contribution in [0.3, 0.4) is 0 Å². The van der Waals surface area contributed by atoms with Crippen molar-refractivity contribution in [3.05, 3.63) is 102 Å². The lowest BCUT2D eigenvalue weighted by atomic mass is 10.2. The summed E-state index contributed by atoms with van der Waals surface area (Å²) < 4.78 is 11.1. The number of amides is 4. The van der Waals surface area contributed by atoms with E-state index < -0.39 is 43.1 Å². The first-order chi connectivity index (χ1) is 19.3. The van der Waals surface area contributed by atoms with Gasteiger partial charge in [0.15, 0.2) is 7.26 Å². The fourth-order valence-electron chi connectivity index (χ4n) is 4.84. The standard InChI is InChI=1S/C30H29N2O7P/c1-4-38-28(35)24(32-27(34)26(33)31(3)30(32)37)25(29(36)39-5-2)40(21-15-9-6-10-16-21,22-17-11-7-12-18-22)23-19-13-8-14-20-23/h6-20,24H,4-5H2,1-3H3/p+1/b29-25-. The second-order valence-corrected chi connectivity index (χ2v) is 12.1. The van der Waals surface area contributed by atoms with Gasteiger partial charge in [-0.3, -0.25) is 14.5 Å². The maximum atomic E-state index is 13.8. The highest BCUT2D eigenvalue weighted by Gasteiger charge is 2.62. The van der Waals surface area contributed by atoms with Crippen LogP contribution >= 0.6 is 7.26 Å². The van der Waals surface area contributed by atoms with Crippen LogP contribution in [-0.2, 0) is 23.9 Å². The second-order valence-electron chi connectivity index (χ2n) is 8.78. The summed E-state index contributed by atoms with van der Waals surface area (Å²) >= 11 is 0. The Morgan fingerprint density at radius 2 is 1.18 bits per heavy atom. The number of hydrogen-bond donors (Lipinski definition) is 1. The van der Waals surface area contributed by atoms with Crippen molar-refractivity contribution in [2.24, 2.45) is 0 Å². The van der Waals surface area contributed by atoms with Gasteiger partial charge in [-0.1, -0.05) is 54.6 Å². The molecule has 40 heavy (non-hydrogen) atoms. The van der Waals surface area contributed by atoms with E-state index in [-0.39, 0.29) is 18.5 Å². The summed E-state index contributed by atoms with van der Waals surface area (Å²) in [6, 6.07) is 24.8. The third-order valence-electron chi connectivity index (χ3n) is 6.52.